The number of amides is 1. The highest BCUT2D eigenvalue weighted by Crippen LogP contribution is 2.32. The number of likely N-dealkylation sites (N-methyl/N-ethyl adjacent to an activating group) is 1. The van der Waals surface area contributed by atoms with Gasteiger partial charge in [0.25, 0.3) is 5.91 Å². The Balaban J connectivity index is 0.000000199. The molecule has 0 spiro atoms. The molecule has 1 amide bonds. The van der Waals surface area contributed by atoms with Crippen LogP contribution in [-0.4, -0.2) is 82.5 Å². The third-order valence-electron chi connectivity index (χ3n) is 9.73. The van der Waals surface area contributed by atoms with Gasteiger partial charge < -0.3 is 19.1 Å². The third kappa shape index (κ3) is 11.4. The predicted molar refractivity (Wildman–Crippen MR) is 209 cm³/mol. The van der Waals surface area contributed by atoms with Crippen LogP contribution < -0.4 is 5.32 Å². The van der Waals surface area contributed by atoms with Crippen molar-refractivity contribution in [2.24, 2.45) is 0 Å². The highest BCUT2D eigenvalue weighted by molar-refractivity contribution is 5.95. The van der Waals surface area contributed by atoms with Crippen LogP contribution in [0.4, 0.5) is 17.6 Å². The molecule has 13 nitrogen and oxygen atoms in total. The van der Waals surface area contributed by atoms with Gasteiger partial charge in [-0.05, 0) is 86.1 Å². The Morgan fingerprint density at radius 1 is 0.847 bits per heavy atom. The van der Waals surface area contributed by atoms with Crippen molar-refractivity contribution < 1.29 is 32.3 Å². The molecule has 17 heteroatoms. The number of alkyl halides is 3. The van der Waals surface area contributed by atoms with Crippen LogP contribution >= 0.6 is 0 Å². The van der Waals surface area contributed by atoms with Gasteiger partial charge in [0.2, 0.25) is 0 Å². The fourth-order valence-electron chi connectivity index (χ4n) is 6.64. The molecule has 1 fully saturated rings. The van der Waals surface area contributed by atoms with E-state index in [-0.39, 0.29) is 11.4 Å². The van der Waals surface area contributed by atoms with Crippen LogP contribution in [0.15, 0.2) is 110 Å². The number of likely N-dealkylation sites (tertiary alicyclic amines) is 1. The maximum atomic E-state index is 13.2. The molecule has 4 aromatic heterocycles. The van der Waals surface area contributed by atoms with E-state index in [1.807, 2.05) is 39.4 Å². The summed E-state index contributed by atoms with van der Waals surface area (Å²) in [7, 11) is 1.88. The van der Waals surface area contributed by atoms with Gasteiger partial charge in [-0.2, -0.15) is 18.4 Å². The fourth-order valence-corrected chi connectivity index (χ4v) is 6.64. The lowest BCUT2D eigenvalue weighted by atomic mass is 10.0. The monoisotopic (exact) mass is 808 g/mol. The van der Waals surface area contributed by atoms with Crippen LogP contribution in [0.5, 0.6) is 0 Å². The summed E-state index contributed by atoms with van der Waals surface area (Å²) in [5, 5.41) is 19.7. The molecule has 6 aromatic rings. The molecule has 1 aliphatic rings. The number of benzene rings is 2. The number of carbonyl (C=O) groups is 2. The van der Waals surface area contributed by atoms with Crippen LogP contribution in [0.25, 0.3) is 22.8 Å². The van der Waals surface area contributed by atoms with Crippen molar-refractivity contribution in [3.8, 4) is 29.0 Å². The molecular weight excluding hydrogens is 769 g/mol. The molecule has 59 heavy (non-hydrogen) atoms. The number of carbonyl (C=O) groups excluding carboxylic acids is 1. The average Bonchev–Trinajstić information content (AvgIpc) is 4.02. The number of hydrogen-bond donors (Lipinski definition) is 2. The molecule has 5 heterocycles. The zero-order valence-electron chi connectivity index (χ0n) is 31.9. The molecule has 7 rings (SSSR count). The Bertz CT molecular complexity index is 2390. The van der Waals surface area contributed by atoms with E-state index in [0.29, 0.717) is 54.0 Å². The second-order valence-corrected chi connectivity index (χ2v) is 13.9. The summed E-state index contributed by atoms with van der Waals surface area (Å²) >= 11 is 0. The number of aromatic carboxylic acids is 1. The summed E-state index contributed by atoms with van der Waals surface area (Å²) < 4.78 is 55.0. The number of carboxylic acid groups (broad SMARTS) is 1. The van der Waals surface area contributed by atoms with E-state index < -0.39 is 23.6 Å². The van der Waals surface area contributed by atoms with Crippen LogP contribution in [0.2, 0.25) is 0 Å². The van der Waals surface area contributed by atoms with Crippen molar-refractivity contribution in [1.82, 2.24) is 44.2 Å². The first-order valence-corrected chi connectivity index (χ1v) is 18.6. The molecule has 0 bridgehead atoms. The van der Waals surface area contributed by atoms with Gasteiger partial charge in [0, 0.05) is 69.1 Å². The predicted octanol–water partition coefficient (Wildman–Crippen LogP) is 6.93. The summed E-state index contributed by atoms with van der Waals surface area (Å²) in [5.41, 5.74) is 4.06. The normalized spacial score (nSPS) is 14.1. The molecule has 1 atom stereocenters. The SMILES string of the molecule is CN(CCn1cnc(-c2cc(C(=O)NC#N)ccn2)c1)Cc1ccc(C(F)(F)F)cc1.O=C(O)c1ccnc(-c2cn(CCN3CCC[C@@H]3c3ccc(F)cc3)cn2)c1. The Morgan fingerprint density at radius 2 is 1.46 bits per heavy atom. The zero-order chi connectivity index (χ0) is 41.9. The van der Waals surface area contributed by atoms with Gasteiger partial charge in [-0.1, -0.05) is 24.3 Å². The summed E-state index contributed by atoms with van der Waals surface area (Å²) in [5.74, 6) is -1.71. The highest BCUT2D eigenvalue weighted by atomic mass is 19.4. The topological polar surface area (TPSA) is 158 Å². The smallest absolute Gasteiger partial charge is 0.416 e. The Hall–Kier alpha value is -6.77. The van der Waals surface area contributed by atoms with E-state index in [4.69, 9.17) is 10.4 Å². The minimum Gasteiger partial charge on any atom is -0.478 e. The van der Waals surface area contributed by atoms with Gasteiger partial charge in [0.15, 0.2) is 6.19 Å². The number of nitrogens with one attached hydrogen (secondary N) is 1. The minimum atomic E-state index is -4.34. The van der Waals surface area contributed by atoms with Crippen molar-refractivity contribution in [3.05, 3.63) is 144 Å². The first kappa shape index (κ1) is 41.9. The molecule has 0 radical (unpaired) electrons. The number of imidazole rings is 2. The lowest BCUT2D eigenvalue weighted by Crippen LogP contribution is -2.27. The van der Waals surface area contributed by atoms with E-state index in [9.17, 15) is 27.2 Å². The molecule has 0 saturated carbocycles. The molecule has 0 aliphatic carbocycles. The van der Waals surface area contributed by atoms with E-state index in [2.05, 4.69) is 30.2 Å². The molecule has 1 aliphatic heterocycles. The van der Waals surface area contributed by atoms with E-state index in [1.165, 1.54) is 54.9 Å². The third-order valence-corrected chi connectivity index (χ3v) is 9.73. The number of aromatic nitrogens is 6. The molecular formula is C42H40F4N10O3. The second kappa shape index (κ2) is 19.1. The Morgan fingerprint density at radius 3 is 2.07 bits per heavy atom. The average molecular weight is 809 g/mol. The largest absolute Gasteiger partial charge is 0.478 e. The van der Waals surface area contributed by atoms with Gasteiger partial charge in [-0.15, -0.1) is 0 Å². The maximum absolute atomic E-state index is 13.2. The van der Waals surface area contributed by atoms with Crippen LogP contribution in [-0.2, 0) is 25.8 Å². The van der Waals surface area contributed by atoms with Gasteiger partial charge in [0.05, 0.1) is 35.2 Å². The van der Waals surface area contributed by atoms with Crippen LogP contribution in [0, 0.1) is 17.3 Å². The number of halogens is 4. The first-order valence-electron chi connectivity index (χ1n) is 18.6. The molecule has 1 saturated heterocycles. The summed E-state index contributed by atoms with van der Waals surface area (Å²) in [4.78, 5) is 44.4. The number of hydrogen-bond acceptors (Lipinski definition) is 9. The van der Waals surface area contributed by atoms with Gasteiger partial charge in [-0.3, -0.25) is 25.0 Å². The molecule has 0 unspecified atom stereocenters. The van der Waals surface area contributed by atoms with Gasteiger partial charge in [-0.25, -0.2) is 19.2 Å². The van der Waals surface area contributed by atoms with Gasteiger partial charge in [0.1, 0.15) is 17.2 Å². The number of nitriles is 1. The molecule has 2 aromatic carbocycles. The lowest BCUT2D eigenvalue weighted by Gasteiger charge is -2.25. The summed E-state index contributed by atoms with van der Waals surface area (Å²) in [6, 6.07) is 18.3. The number of nitrogens with zero attached hydrogens (tertiary/aromatic N) is 9. The molecule has 2 N–H and O–H groups in total. The first-order chi connectivity index (χ1) is 28.4. The summed E-state index contributed by atoms with van der Waals surface area (Å²) in [6.07, 6.45) is 9.47. The number of carboxylic acids is 1. The van der Waals surface area contributed by atoms with Crippen molar-refractivity contribution in [2.75, 3.05) is 26.7 Å². The van der Waals surface area contributed by atoms with Crippen LogP contribution in [0.3, 0.4) is 0 Å². The summed E-state index contributed by atoms with van der Waals surface area (Å²) in [6.45, 7) is 4.42. The van der Waals surface area contributed by atoms with Crippen molar-refractivity contribution in [3.63, 3.8) is 0 Å². The fraction of sp³-hybridized carbons (Fsp3) is 0.262. The number of pyridine rings is 2. The maximum Gasteiger partial charge on any atom is 0.416 e. The molecule has 304 valence electrons. The zero-order valence-corrected chi connectivity index (χ0v) is 31.9. The van der Waals surface area contributed by atoms with E-state index in [0.717, 1.165) is 55.7 Å². The highest BCUT2D eigenvalue weighted by Gasteiger charge is 2.30. The minimum absolute atomic E-state index is 0.193. The lowest BCUT2D eigenvalue weighted by molar-refractivity contribution is -0.137. The quantitative estimate of drug-likeness (QED) is 0.0713. The Labute approximate surface area is 337 Å². The number of rotatable bonds is 13. The van der Waals surface area contributed by atoms with Crippen molar-refractivity contribution in [2.45, 2.75) is 44.7 Å². The standard InChI is InChI=1S/C21H19F3N6O.C21H21FN4O2/c1-29(11-15-2-4-17(5-3-15)21(22,23)24)8-9-30-12-19(28-14-30)18-10-16(6-7-26-18)20(31)27-13-25;22-17-5-3-15(4-6-17)20-2-1-9-26(20)11-10-25-13-19(24-14-25)18-12-16(21(27)28)7-8-23-18/h2-7,10,12,14H,8-9,11H2,1H3,(H,27,31);3-8,12-14,20H,1-2,9-11H2,(H,27,28)/t;20-/m.1/s1. The van der Waals surface area contributed by atoms with Crippen LogP contribution in [0.1, 0.15) is 56.3 Å². The van der Waals surface area contributed by atoms with E-state index >= 15 is 0 Å². The van der Waals surface area contributed by atoms with E-state index in [1.54, 1.807) is 31.1 Å². The van der Waals surface area contributed by atoms with Crippen molar-refractivity contribution in [1.29, 1.82) is 5.26 Å². The van der Waals surface area contributed by atoms with Gasteiger partial charge >= 0.3 is 12.1 Å². The van der Waals surface area contributed by atoms with Crippen molar-refractivity contribution >= 4 is 11.9 Å². The second-order valence-electron chi connectivity index (χ2n) is 13.9. The Kier molecular flexibility index (Phi) is 13.6.